The van der Waals surface area contributed by atoms with E-state index in [2.05, 4.69) is 26.2 Å². The number of hydrogen-bond acceptors (Lipinski definition) is 1. The highest BCUT2D eigenvalue weighted by molar-refractivity contribution is 9.10. The molecule has 0 radical (unpaired) electrons. The number of guanidine groups is 1. The fourth-order valence-corrected chi connectivity index (χ4v) is 1.94. The van der Waals surface area contributed by atoms with Crippen LogP contribution in [-0.4, -0.2) is 5.96 Å². The first kappa shape index (κ1) is 13.6. The van der Waals surface area contributed by atoms with E-state index >= 15 is 0 Å². The van der Waals surface area contributed by atoms with Gasteiger partial charge < -0.3 is 11.1 Å². The molecule has 0 aliphatic rings. The number of rotatable bonds is 3. The predicted octanol–water partition coefficient (Wildman–Crippen LogP) is 3.68. The van der Waals surface area contributed by atoms with Gasteiger partial charge in [-0.25, -0.2) is 4.99 Å². The van der Waals surface area contributed by atoms with E-state index in [1.165, 1.54) is 5.56 Å². The second-order valence-electron chi connectivity index (χ2n) is 4.32. The SMILES string of the molecule is Cc1cccc(NC(N)=NCc2ccc(Br)cc2)c1. The van der Waals surface area contributed by atoms with Crippen LogP contribution in [0.4, 0.5) is 5.69 Å². The lowest BCUT2D eigenvalue weighted by molar-refractivity contribution is 1.06. The molecule has 0 atom stereocenters. The molecule has 0 unspecified atom stereocenters. The van der Waals surface area contributed by atoms with E-state index in [1.807, 2.05) is 55.5 Å². The molecule has 0 fully saturated rings. The van der Waals surface area contributed by atoms with Gasteiger partial charge in [-0.15, -0.1) is 0 Å². The van der Waals surface area contributed by atoms with Crippen molar-refractivity contribution in [1.82, 2.24) is 0 Å². The molecule has 0 saturated heterocycles. The van der Waals surface area contributed by atoms with E-state index in [9.17, 15) is 0 Å². The summed E-state index contributed by atoms with van der Waals surface area (Å²) in [7, 11) is 0. The van der Waals surface area contributed by atoms with Crippen LogP contribution in [0.5, 0.6) is 0 Å². The molecule has 3 N–H and O–H groups in total. The molecule has 0 heterocycles. The Morgan fingerprint density at radius 1 is 1.21 bits per heavy atom. The van der Waals surface area contributed by atoms with Gasteiger partial charge in [0, 0.05) is 10.2 Å². The maximum absolute atomic E-state index is 5.86. The number of aliphatic imine (C=N–C) groups is 1. The second kappa shape index (κ2) is 6.38. The van der Waals surface area contributed by atoms with Gasteiger partial charge in [-0.3, -0.25) is 0 Å². The van der Waals surface area contributed by atoms with Gasteiger partial charge in [0.2, 0.25) is 0 Å². The van der Waals surface area contributed by atoms with Gasteiger partial charge in [0.1, 0.15) is 0 Å². The average molecular weight is 318 g/mol. The third-order valence-corrected chi connectivity index (χ3v) is 3.16. The third kappa shape index (κ3) is 4.41. The van der Waals surface area contributed by atoms with Crippen LogP contribution in [-0.2, 0) is 6.54 Å². The summed E-state index contributed by atoms with van der Waals surface area (Å²) in [5.41, 5.74) is 9.13. The third-order valence-electron chi connectivity index (χ3n) is 2.64. The number of hydrogen-bond donors (Lipinski definition) is 2. The van der Waals surface area contributed by atoms with Gasteiger partial charge in [0.05, 0.1) is 6.54 Å². The van der Waals surface area contributed by atoms with Crippen LogP contribution in [0.2, 0.25) is 0 Å². The summed E-state index contributed by atoms with van der Waals surface area (Å²) in [6.45, 7) is 2.61. The van der Waals surface area contributed by atoms with Crippen molar-refractivity contribution in [2.45, 2.75) is 13.5 Å². The van der Waals surface area contributed by atoms with Crippen LogP contribution in [0.3, 0.4) is 0 Å². The molecule has 0 aromatic heterocycles. The lowest BCUT2D eigenvalue weighted by Crippen LogP contribution is -2.22. The highest BCUT2D eigenvalue weighted by atomic mass is 79.9. The van der Waals surface area contributed by atoms with E-state index in [1.54, 1.807) is 0 Å². The van der Waals surface area contributed by atoms with Gasteiger partial charge in [-0.2, -0.15) is 0 Å². The lowest BCUT2D eigenvalue weighted by Gasteiger charge is -2.06. The highest BCUT2D eigenvalue weighted by Crippen LogP contribution is 2.12. The molecule has 0 bridgehead atoms. The molecule has 4 heteroatoms. The fourth-order valence-electron chi connectivity index (χ4n) is 1.68. The molecule has 3 nitrogen and oxygen atoms in total. The summed E-state index contributed by atoms with van der Waals surface area (Å²) in [5, 5.41) is 3.08. The summed E-state index contributed by atoms with van der Waals surface area (Å²) in [6, 6.07) is 16.1. The zero-order valence-electron chi connectivity index (χ0n) is 10.7. The normalized spacial score (nSPS) is 11.4. The number of nitrogens with zero attached hydrogens (tertiary/aromatic N) is 1. The van der Waals surface area contributed by atoms with Gasteiger partial charge >= 0.3 is 0 Å². The van der Waals surface area contributed by atoms with E-state index in [0.717, 1.165) is 15.7 Å². The van der Waals surface area contributed by atoms with Gasteiger partial charge in [-0.1, -0.05) is 40.2 Å². The molecule has 2 aromatic rings. The minimum absolute atomic E-state index is 0.425. The Morgan fingerprint density at radius 3 is 2.63 bits per heavy atom. The molecule has 0 spiro atoms. The molecule has 0 amide bonds. The van der Waals surface area contributed by atoms with E-state index in [4.69, 9.17) is 5.73 Å². The van der Waals surface area contributed by atoms with Crippen LogP contribution in [0.1, 0.15) is 11.1 Å². The molecule has 0 saturated carbocycles. The molecule has 19 heavy (non-hydrogen) atoms. The Balaban J connectivity index is 1.97. The van der Waals surface area contributed by atoms with Crippen LogP contribution < -0.4 is 11.1 Å². The molecule has 2 rings (SSSR count). The Labute approximate surface area is 121 Å². The summed E-state index contributed by atoms with van der Waals surface area (Å²) in [6.07, 6.45) is 0. The number of aryl methyl sites for hydroxylation is 1. The van der Waals surface area contributed by atoms with Crippen molar-refractivity contribution in [3.63, 3.8) is 0 Å². The standard InChI is InChI=1S/C15H16BrN3/c1-11-3-2-4-14(9-11)19-15(17)18-10-12-5-7-13(16)8-6-12/h2-9H,10H2,1H3,(H3,17,18,19). The summed E-state index contributed by atoms with van der Waals surface area (Å²) in [4.78, 5) is 4.32. The number of nitrogens with one attached hydrogen (secondary N) is 1. The van der Waals surface area contributed by atoms with Crippen molar-refractivity contribution in [3.05, 3.63) is 64.1 Å². The maximum Gasteiger partial charge on any atom is 0.193 e. The molecule has 2 aromatic carbocycles. The Bertz CT molecular complexity index is 576. The largest absolute Gasteiger partial charge is 0.370 e. The first-order valence-corrected chi connectivity index (χ1v) is 6.81. The average Bonchev–Trinajstić information content (AvgIpc) is 2.38. The number of halogens is 1. The van der Waals surface area contributed by atoms with Gasteiger partial charge in [0.25, 0.3) is 0 Å². The lowest BCUT2D eigenvalue weighted by atomic mass is 10.2. The van der Waals surface area contributed by atoms with Crippen molar-refractivity contribution in [3.8, 4) is 0 Å². The van der Waals surface area contributed by atoms with E-state index < -0.39 is 0 Å². The summed E-state index contributed by atoms with van der Waals surface area (Å²) >= 11 is 3.40. The quantitative estimate of drug-likeness (QED) is 0.670. The molecule has 0 aliphatic carbocycles. The van der Waals surface area contributed by atoms with Crippen molar-refractivity contribution >= 4 is 27.6 Å². The van der Waals surface area contributed by atoms with Gasteiger partial charge in [0.15, 0.2) is 5.96 Å². The predicted molar refractivity (Wildman–Crippen MR) is 84.3 cm³/mol. The van der Waals surface area contributed by atoms with Crippen molar-refractivity contribution in [2.75, 3.05) is 5.32 Å². The Hall–Kier alpha value is -1.81. The minimum atomic E-state index is 0.425. The summed E-state index contributed by atoms with van der Waals surface area (Å²) < 4.78 is 1.06. The topological polar surface area (TPSA) is 50.4 Å². The Kier molecular flexibility index (Phi) is 4.58. The zero-order valence-corrected chi connectivity index (χ0v) is 12.3. The van der Waals surface area contributed by atoms with Crippen LogP contribution in [0, 0.1) is 6.92 Å². The van der Waals surface area contributed by atoms with Gasteiger partial charge in [-0.05, 0) is 42.3 Å². The number of nitrogens with two attached hydrogens (primary N) is 1. The molecular weight excluding hydrogens is 302 g/mol. The monoisotopic (exact) mass is 317 g/mol. The fraction of sp³-hybridized carbons (Fsp3) is 0.133. The first-order valence-electron chi connectivity index (χ1n) is 6.01. The highest BCUT2D eigenvalue weighted by Gasteiger charge is 1.96. The zero-order chi connectivity index (χ0) is 13.7. The van der Waals surface area contributed by atoms with E-state index in [0.29, 0.717) is 12.5 Å². The van der Waals surface area contributed by atoms with Crippen LogP contribution in [0.15, 0.2) is 58.0 Å². The second-order valence-corrected chi connectivity index (χ2v) is 5.24. The molecule has 0 aliphatic heterocycles. The van der Waals surface area contributed by atoms with Crippen LogP contribution >= 0.6 is 15.9 Å². The molecule has 98 valence electrons. The van der Waals surface area contributed by atoms with Crippen molar-refractivity contribution < 1.29 is 0 Å². The summed E-state index contributed by atoms with van der Waals surface area (Å²) in [5.74, 6) is 0.425. The first-order chi connectivity index (χ1) is 9.13. The van der Waals surface area contributed by atoms with E-state index in [-0.39, 0.29) is 0 Å². The smallest absolute Gasteiger partial charge is 0.193 e. The number of anilines is 1. The molecular formula is C15H16BrN3. The minimum Gasteiger partial charge on any atom is -0.370 e. The maximum atomic E-state index is 5.86. The Morgan fingerprint density at radius 2 is 1.95 bits per heavy atom. The van der Waals surface area contributed by atoms with Crippen LogP contribution in [0.25, 0.3) is 0 Å². The van der Waals surface area contributed by atoms with Crippen molar-refractivity contribution in [1.29, 1.82) is 0 Å². The van der Waals surface area contributed by atoms with Crippen molar-refractivity contribution in [2.24, 2.45) is 10.7 Å². The number of benzene rings is 2.